The topological polar surface area (TPSA) is 74.5 Å². The Balaban J connectivity index is 1.83. The fourth-order valence-corrected chi connectivity index (χ4v) is 2.13. The molecule has 0 saturated heterocycles. The Morgan fingerprint density at radius 1 is 1.44 bits per heavy atom. The standard InChI is InChI=1S/C12H18N6/c1-8(2)17-6-5-10(15-17)7-18-11(9-3-4-9)12(13)14-16-18/h5-6,8-9H,3-4,7,13H2,1-2H3. The van der Waals surface area contributed by atoms with Crippen LogP contribution in [-0.4, -0.2) is 24.8 Å². The summed E-state index contributed by atoms with van der Waals surface area (Å²) in [6.07, 6.45) is 4.38. The summed E-state index contributed by atoms with van der Waals surface area (Å²) >= 11 is 0. The van der Waals surface area contributed by atoms with Crippen LogP contribution >= 0.6 is 0 Å². The lowest BCUT2D eigenvalue weighted by Gasteiger charge is -2.05. The Labute approximate surface area is 106 Å². The first kappa shape index (κ1) is 11.3. The van der Waals surface area contributed by atoms with Gasteiger partial charge < -0.3 is 5.73 Å². The second kappa shape index (κ2) is 4.12. The molecule has 0 unspecified atom stereocenters. The van der Waals surface area contributed by atoms with Gasteiger partial charge in [0.25, 0.3) is 0 Å². The van der Waals surface area contributed by atoms with Crippen molar-refractivity contribution in [1.29, 1.82) is 0 Å². The van der Waals surface area contributed by atoms with Gasteiger partial charge in [-0.3, -0.25) is 4.68 Å². The molecule has 0 amide bonds. The molecule has 1 aliphatic rings. The van der Waals surface area contributed by atoms with Gasteiger partial charge in [-0.25, -0.2) is 4.68 Å². The maximum atomic E-state index is 5.87. The first-order valence-electron chi connectivity index (χ1n) is 6.38. The zero-order chi connectivity index (χ0) is 12.7. The summed E-state index contributed by atoms with van der Waals surface area (Å²) in [6, 6.07) is 2.40. The minimum Gasteiger partial charge on any atom is -0.381 e. The van der Waals surface area contributed by atoms with E-state index >= 15 is 0 Å². The lowest BCUT2D eigenvalue weighted by Crippen LogP contribution is -2.08. The largest absolute Gasteiger partial charge is 0.381 e. The van der Waals surface area contributed by atoms with Gasteiger partial charge in [0, 0.05) is 18.2 Å². The molecule has 18 heavy (non-hydrogen) atoms. The Hall–Kier alpha value is -1.85. The predicted octanol–water partition coefficient (Wildman–Crippen LogP) is 1.56. The molecule has 0 aliphatic heterocycles. The summed E-state index contributed by atoms with van der Waals surface area (Å²) in [5.41, 5.74) is 7.94. The minimum atomic E-state index is 0.377. The molecule has 2 heterocycles. The van der Waals surface area contributed by atoms with Crippen molar-refractivity contribution in [3.63, 3.8) is 0 Å². The second-order valence-corrected chi connectivity index (χ2v) is 5.17. The number of nitrogens with two attached hydrogens (primary N) is 1. The van der Waals surface area contributed by atoms with Gasteiger partial charge in [0.15, 0.2) is 5.82 Å². The second-order valence-electron chi connectivity index (χ2n) is 5.17. The molecule has 3 rings (SSSR count). The van der Waals surface area contributed by atoms with Crippen molar-refractivity contribution in [2.75, 3.05) is 5.73 Å². The highest BCUT2D eigenvalue weighted by atomic mass is 15.5. The van der Waals surface area contributed by atoms with Crippen molar-refractivity contribution in [1.82, 2.24) is 24.8 Å². The zero-order valence-corrected chi connectivity index (χ0v) is 10.7. The highest BCUT2D eigenvalue weighted by Crippen LogP contribution is 2.41. The third kappa shape index (κ3) is 1.98. The summed E-state index contributed by atoms with van der Waals surface area (Å²) in [7, 11) is 0. The van der Waals surface area contributed by atoms with Crippen LogP contribution in [0.5, 0.6) is 0 Å². The first-order valence-corrected chi connectivity index (χ1v) is 6.38. The number of hydrogen-bond acceptors (Lipinski definition) is 4. The van der Waals surface area contributed by atoms with Crippen molar-refractivity contribution in [3.05, 3.63) is 23.7 Å². The van der Waals surface area contributed by atoms with Gasteiger partial charge >= 0.3 is 0 Å². The molecule has 0 atom stereocenters. The van der Waals surface area contributed by atoms with E-state index in [0.29, 0.717) is 24.3 Å². The van der Waals surface area contributed by atoms with Crippen molar-refractivity contribution in [3.8, 4) is 0 Å². The fourth-order valence-electron chi connectivity index (χ4n) is 2.13. The number of nitrogen functional groups attached to an aromatic ring is 1. The van der Waals surface area contributed by atoms with Crippen LogP contribution in [0.4, 0.5) is 5.82 Å². The lowest BCUT2D eigenvalue weighted by molar-refractivity contribution is 0.517. The fraction of sp³-hybridized carbons (Fsp3) is 0.583. The molecule has 96 valence electrons. The summed E-state index contributed by atoms with van der Waals surface area (Å²) in [5.74, 6) is 1.12. The van der Waals surface area contributed by atoms with Crippen LogP contribution < -0.4 is 5.73 Å². The molecule has 1 saturated carbocycles. The molecule has 2 aromatic heterocycles. The molecule has 2 N–H and O–H groups in total. The van der Waals surface area contributed by atoms with Crippen molar-refractivity contribution >= 4 is 5.82 Å². The maximum Gasteiger partial charge on any atom is 0.169 e. The van der Waals surface area contributed by atoms with E-state index in [4.69, 9.17) is 5.73 Å². The number of aromatic nitrogens is 5. The van der Waals surface area contributed by atoms with Crippen LogP contribution in [0, 0.1) is 0 Å². The van der Waals surface area contributed by atoms with E-state index in [1.54, 1.807) is 0 Å². The van der Waals surface area contributed by atoms with Crippen LogP contribution in [0.15, 0.2) is 12.3 Å². The number of anilines is 1. The Morgan fingerprint density at radius 3 is 2.83 bits per heavy atom. The molecule has 0 radical (unpaired) electrons. The van der Waals surface area contributed by atoms with Crippen LogP contribution in [0.2, 0.25) is 0 Å². The molecule has 1 aliphatic carbocycles. The SMILES string of the molecule is CC(C)n1ccc(Cn2nnc(N)c2C2CC2)n1. The molecular weight excluding hydrogens is 228 g/mol. The summed E-state index contributed by atoms with van der Waals surface area (Å²) in [4.78, 5) is 0. The van der Waals surface area contributed by atoms with E-state index in [9.17, 15) is 0 Å². The Bertz CT molecular complexity index is 549. The van der Waals surface area contributed by atoms with Gasteiger partial charge in [-0.1, -0.05) is 5.21 Å². The highest BCUT2D eigenvalue weighted by Gasteiger charge is 2.30. The molecule has 0 bridgehead atoms. The smallest absolute Gasteiger partial charge is 0.169 e. The normalized spacial score (nSPS) is 15.5. The number of rotatable bonds is 4. The summed E-state index contributed by atoms with van der Waals surface area (Å²) in [5, 5.41) is 12.6. The van der Waals surface area contributed by atoms with Crippen LogP contribution in [0.25, 0.3) is 0 Å². The Kier molecular flexibility index (Phi) is 2.57. The van der Waals surface area contributed by atoms with Crippen molar-refractivity contribution in [2.24, 2.45) is 0 Å². The zero-order valence-electron chi connectivity index (χ0n) is 10.7. The quantitative estimate of drug-likeness (QED) is 0.888. The van der Waals surface area contributed by atoms with Gasteiger partial charge in [-0.2, -0.15) is 5.10 Å². The number of nitrogens with zero attached hydrogens (tertiary/aromatic N) is 5. The Morgan fingerprint density at radius 2 is 2.22 bits per heavy atom. The van der Waals surface area contributed by atoms with Gasteiger partial charge in [0.2, 0.25) is 0 Å². The average Bonchev–Trinajstić information content (AvgIpc) is 2.93. The van der Waals surface area contributed by atoms with Crippen LogP contribution in [0.1, 0.15) is 50.0 Å². The van der Waals surface area contributed by atoms with E-state index in [-0.39, 0.29) is 0 Å². The highest BCUT2D eigenvalue weighted by molar-refractivity contribution is 5.38. The monoisotopic (exact) mass is 246 g/mol. The van der Waals surface area contributed by atoms with E-state index in [1.807, 2.05) is 21.6 Å². The van der Waals surface area contributed by atoms with E-state index < -0.39 is 0 Å². The van der Waals surface area contributed by atoms with E-state index in [2.05, 4.69) is 29.3 Å². The van der Waals surface area contributed by atoms with Gasteiger partial charge in [0.1, 0.15) is 0 Å². The van der Waals surface area contributed by atoms with Gasteiger partial charge in [-0.15, -0.1) is 5.10 Å². The molecule has 0 aromatic carbocycles. The lowest BCUT2D eigenvalue weighted by atomic mass is 10.3. The van der Waals surface area contributed by atoms with Crippen molar-refractivity contribution < 1.29 is 0 Å². The van der Waals surface area contributed by atoms with E-state index in [0.717, 1.165) is 11.4 Å². The minimum absolute atomic E-state index is 0.377. The molecule has 6 heteroatoms. The van der Waals surface area contributed by atoms with Crippen LogP contribution in [0.3, 0.4) is 0 Å². The molecule has 1 fully saturated rings. The molecule has 0 spiro atoms. The summed E-state index contributed by atoms with van der Waals surface area (Å²) < 4.78 is 3.84. The molecule has 2 aromatic rings. The van der Waals surface area contributed by atoms with Gasteiger partial charge in [-0.05, 0) is 32.8 Å². The molecule has 6 nitrogen and oxygen atoms in total. The first-order chi connectivity index (χ1) is 8.65. The maximum absolute atomic E-state index is 5.87. The van der Waals surface area contributed by atoms with E-state index in [1.165, 1.54) is 12.8 Å². The average molecular weight is 246 g/mol. The van der Waals surface area contributed by atoms with Gasteiger partial charge in [0.05, 0.1) is 17.9 Å². The van der Waals surface area contributed by atoms with Crippen LogP contribution in [-0.2, 0) is 6.54 Å². The molecular formula is C12H18N6. The summed E-state index contributed by atoms with van der Waals surface area (Å²) in [6.45, 7) is 4.87. The predicted molar refractivity (Wildman–Crippen MR) is 68.1 cm³/mol. The third-order valence-corrected chi connectivity index (χ3v) is 3.27. The third-order valence-electron chi connectivity index (χ3n) is 3.27. The number of hydrogen-bond donors (Lipinski definition) is 1. The van der Waals surface area contributed by atoms with Crippen molar-refractivity contribution in [2.45, 2.75) is 45.2 Å².